The number of fused-ring (bicyclic) bond motifs is 9. The monoisotopic (exact) mass is 555 g/mol. The molecule has 5 heterocycles. The van der Waals surface area contributed by atoms with E-state index in [0.717, 1.165) is 0 Å². The highest BCUT2D eigenvalue weighted by atomic mass is 32.2. The first-order chi connectivity index (χ1) is 19.5. The van der Waals surface area contributed by atoms with E-state index in [1.54, 1.807) is 11.1 Å². The third kappa shape index (κ3) is 2.61. The molecule has 3 aliphatic heterocycles. The van der Waals surface area contributed by atoms with E-state index in [4.69, 9.17) is 0 Å². The van der Waals surface area contributed by atoms with Crippen molar-refractivity contribution in [3.8, 4) is 16.9 Å². The fraction of sp³-hybridized carbons (Fsp3) is 0.351. The molecule has 5 aromatic rings. The molecule has 3 nitrogen and oxygen atoms in total. The Hall–Kier alpha value is -3.37. The Bertz CT molecular complexity index is 1970. The van der Waals surface area contributed by atoms with Gasteiger partial charge in [0.25, 0.3) is 0 Å². The van der Waals surface area contributed by atoms with Crippen LogP contribution in [0.25, 0.3) is 28.0 Å². The van der Waals surface area contributed by atoms with Gasteiger partial charge in [-0.05, 0) is 85.9 Å². The van der Waals surface area contributed by atoms with Gasteiger partial charge in [0.15, 0.2) is 22.9 Å². The average Bonchev–Trinajstić information content (AvgIpc) is 3.53. The molecule has 4 aliphatic rings. The predicted octanol–water partition coefficient (Wildman–Crippen LogP) is 7.91. The van der Waals surface area contributed by atoms with E-state index in [1.165, 1.54) is 67.6 Å². The Morgan fingerprint density at radius 2 is 1.56 bits per heavy atom. The summed E-state index contributed by atoms with van der Waals surface area (Å²) in [5, 5.41) is 0. The fourth-order valence-electron chi connectivity index (χ4n) is 8.71. The Labute approximate surface area is 246 Å². The van der Waals surface area contributed by atoms with Crippen LogP contribution in [0.4, 0.5) is 0 Å². The molecule has 0 bridgehead atoms. The van der Waals surface area contributed by atoms with Crippen molar-refractivity contribution in [1.29, 1.82) is 0 Å². The van der Waals surface area contributed by atoms with Gasteiger partial charge >= 0.3 is 11.4 Å². The van der Waals surface area contributed by atoms with Crippen molar-refractivity contribution in [3.63, 3.8) is 0 Å². The summed E-state index contributed by atoms with van der Waals surface area (Å²) in [5.41, 5.74) is 12.3. The molecule has 0 fully saturated rings. The van der Waals surface area contributed by atoms with E-state index < -0.39 is 5.54 Å². The van der Waals surface area contributed by atoms with Gasteiger partial charge in [0.05, 0.1) is 26.5 Å². The molecule has 1 unspecified atom stereocenters. The van der Waals surface area contributed by atoms with E-state index in [-0.39, 0.29) is 16.4 Å². The van der Waals surface area contributed by atoms with E-state index in [1.807, 2.05) is 11.8 Å². The lowest BCUT2D eigenvalue weighted by molar-refractivity contribution is -0.734. The van der Waals surface area contributed by atoms with Gasteiger partial charge < -0.3 is 0 Å². The van der Waals surface area contributed by atoms with Crippen LogP contribution in [0.5, 0.6) is 0 Å². The minimum atomic E-state index is -0.460. The van der Waals surface area contributed by atoms with Gasteiger partial charge in [-0.2, -0.15) is 9.13 Å². The Balaban J connectivity index is 1.60. The summed E-state index contributed by atoms with van der Waals surface area (Å²) in [5.74, 6) is 1.37. The predicted molar refractivity (Wildman–Crippen MR) is 165 cm³/mol. The lowest BCUT2D eigenvalue weighted by Gasteiger charge is -2.43. The molecule has 41 heavy (non-hydrogen) atoms. The highest BCUT2D eigenvalue weighted by molar-refractivity contribution is 7.99. The summed E-state index contributed by atoms with van der Waals surface area (Å²) in [6, 6.07) is 25.5. The molecule has 3 aromatic carbocycles. The zero-order valence-corrected chi connectivity index (χ0v) is 25.9. The Morgan fingerprint density at radius 3 is 2.37 bits per heavy atom. The Morgan fingerprint density at radius 1 is 0.805 bits per heavy atom. The SMILES string of the molecule is CC1(C)CCC(C)(C)c2c1cc1c3c2Sc2cccc4c2[n+]-3c(n4C(C)(C)C)C12c1ccccc1-c1cccc[n+]12. The molecule has 204 valence electrons. The van der Waals surface area contributed by atoms with Gasteiger partial charge in [0, 0.05) is 12.1 Å². The standard InChI is InChI=1S/C37H37N3S/c1-34(2,3)40-27-16-12-17-28-31(27)39-30-25(21-24-29(32(30)41-28)36(6,7)19-18-35(24,4)5)37(33(39)40)23-14-9-8-13-22(23)26-15-10-11-20-38(26)37/h8-17,20-21H,18-19H2,1-7H3/q+2. The molecule has 1 aliphatic carbocycles. The van der Waals surface area contributed by atoms with E-state index in [2.05, 4.69) is 135 Å². The number of imidazole rings is 1. The fourth-order valence-corrected chi connectivity index (χ4v) is 10.2. The molecule has 0 saturated carbocycles. The molecule has 0 amide bonds. The lowest BCUT2D eigenvalue weighted by Crippen LogP contribution is -2.58. The van der Waals surface area contributed by atoms with Crippen molar-refractivity contribution in [3.05, 3.63) is 101 Å². The first kappa shape index (κ1) is 24.2. The van der Waals surface area contributed by atoms with E-state index >= 15 is 0 Å². The lowest BCUT2D eigenvalue weighted by atomic mass is 9.62. The van der Waals surface area contributed by atoms with Gasteiger partial charge in [-0.25, -0.2) is 4.57 Å². The summed E-state index contributed by atoms with van der Waals surface area (Å²) in [4.78, 5) is 2.85. The second-order valence-electron chi connectivity index (χ2n) is 14.9. The van der Waals surface area contributed by atoms with Gasteiger partial charge in [-0.1, -0.05) is 63.7 Å². The maximum absolute atomic E-state index is 2.70. The molecule has 9 rings (SSSR count). The number of rotatable bonds is 0. The largest absolute Gasteiger partial charge is 0.347 e. The number of aromatic nitrogens is 3. The molecule has 0 saturated heterocycles. The van der Waals surface area contributed by atoms with Crippen LogP contribution < -0.4 is 9.13 Å². The highest BCUT2D eigenvalue weighted by Gasteiger charge is 2.70. The molecule has 4 heteroatoms. The van der Waals surface area contributed by atoms with Gasteiger partial charge in [-0.3, -0.25) is 0 Å². The molecular weight excluding hydrogens is 518 g/mol. The number of nitrogens with zero attached hydrogens (tertiary/aromatic N) is 3. The van der Waals surface area contributed by atoms with Gasteiger partial charge in [0.2, 0.25) is 5.69 Å². The minimum absolute atomic E-state index is 0.115. The van der Waals surface area contributed by atoms with Crippen LogP contribution in [0.1, 0.15) is 89.4 Å². The molecule has 0 radical (unpaired) electrons. The Kier molecular flexibility index (Phi) is 4.23. The number of para-hydroxylation sites is 1. The maximum atomic E-state index is 2.70. The summed E-state index contributed by atoms with van der Waals surface area (Å²) in [6.45, 7) is 17.0. The zero-order chi connectivity index (χ0) is 28.3. The molecule has 0 N–H and O–H groups in total. The summed E-state index contributed by atoms with van der Waals surface area (Å²) in [6.07, 6.45) is 4.75. The van der Waals surface area contributed by atoms with Crippen LogP contribution in [0.3, 0.4) is 0 Å². The maximum Gasteiger partial charge on any atom is 0.347 e. The third-order valence-electron chi connectivity index (χ3n) is 10.5. The van der Waals surface area contributed by atoms with Crippen molar-refractivity contribution in [2.45, 2.75) is 93.0 Å². The van der Waals surface area contributed by atoms with Crippen LogP contribution in [-0.2, 0) is 21.9 Å². The number of pyridine rings is 1. The summed E-state index contributed by atoms with van der Waals surface area (Å²) in [7, 11) is 0. The second kappa shape index (κ2) is 7.15. The van der Waals surface area contributed by atoms with Crippen LogP contribution in [0.2, 0.25) is 0 Å². The first-order valence-electron chi connectivity index (χ1n) is 15.1. The highest BCUT2D eigenvalue weighted by Crippen LogP contribution is 2.60. The number of hydrogen-bond donors (Lipinski definition) is 0. The molecule has 1 spiro atoms. The van der Waals surface area contributed by atoms with Gasteiger partial charge in [0.1, 0.15) is 5.54 Å². The van der Waals surface area contributed by atoms with Crippen LogP contribution in [-0.4, -0.2) is 4.57 Å². The topological polar surface area (TPSA) is 12.7 Å². The molecular formula is C37H37N3S+2. The van der Waals surface area contributed by atoms with Crippen LogP contribution in [0, 0.1) is 0 Å². The smallest absolute Gasteiger partial charge is 0.215 e. The zero-order valence-electron chi connectivity index (χ0n) is 25.1. The second-order valence-corrected chi connectivity index (χ2v) is 15.9. The van der Waals surface area contributed by atoms with Crippen molar-refractivity contribution < 1.29 is 9.13 Å². The minimum Gasteiger partial charge on any atom is -0.215 e. The number of hydrogen-bond acceptors (Lipinski definition) is 1. The molecule has 1 atom stereocenters. The third-order valence-corrected chi connectivity index (χ3v) is 11.7. The van der Waals surface area contributed by atoms with E-state index in [0.29, 0.717) is 0 Å². The first-order valence-corrected chi connectivity index (χ1v) is 15.9. The van der Waals surface area contributed by atoms with Gasteiger partial charge in [-0.15, -0.1) is 0 Å². The van der Waals surface area contributed by atoms with E-state index in [9.17, 15) is 0 Å². The quantitative estimate of drug-likeness (QED) is 0.173. The van der Waals surface area contributed by atoms with Crippen molar-refractivity contribution in [1.82, 2.24) is 4.57 Å². The van der Waals surface area contributed by atoms with Crippen molar-refractivity contribution >= 4 is 22.8 Å². The average molecular weight is 556 g/mol. The summed E-state index contributed by atoms with van der Waals surface area (Å²) < 4.78 is 7.97. The van der Waals surface area contributed by atoms with Crippen LogP contribution in [0.15, 0.2) is 82.7 Å². The normalized spacial score (nSPS) is 21.7. The van der Waals surface area contributed by atoms with Crippen molar-refractivity contribution in [2.75, 3.05) is 0 Å². The van der Waals surface area contributed by atoms with Crippen LogP contribution >= 0.6 is 11.8 Å². The number of benzene rings is 3. The summed E-state index contributed by atoms with van der Waals surface area (Å²) >= 11 is 2.03. The van der Waals surface area contributed by atoms with Crippen molar-refractivity contribution in [2.24, 2.45) is 0 Å². The molecule has 2 aromatic heterocycles.